The molecule has 0 bridgehead atoms. The van der Waals surface area contributed by atoms with Crippen LogP contribution in [0.25, 0.3) is 22.1 Å². The monoisotopic (exact) mass is 364 g/mol. The van der Waals surface area contributed by atoms with E-state index in [4.69, 9.17) is 0 Å². The highest BCUT2D eigenvalue weighted by molar-refractivity contribution is 5.97. The first-order chi connectivity index (χ1) is 13.2. The third-order valence-corrected chi connectivity index (χ3v) is 5.10. The van der Waals surface area contributed by atoms with Gasteiger partial charge in [-0.2, -0.15) is 15.4 Å². The molecule has 1 aliphatic heterocycles. The highest BCUT2D eigenvalue weighted by Gasteiger charge is 2.31. The summed E-state index contributed by atoms with van der Waals surface area (Å²) in [6.45, 7) is 0.658. The largest absolute Gasteiger partial charge is 0.340 e. The lowest BCUT2D eigenvalue weighted by molar-refractivity contribution is 0.0601. The number of carbonyl (C=O) groups excluding carboxylic acids is 1. The molecule has 3 heterocycles. The smallest absolute Gasteiger partial charge is 0.254 e. The van der Waals surface area contributed by atoms with Crippen LogP contribution in [0.15, 0.2) is 36.4 Å². The third-order valence-electron chi connectivity index (χ3n) is 5.10. The molecule has 0 unspecified atom stereocenters. The van der Waals surface area contributed by atoms with Gasteiger partial charge in [0.1, 0.15) is 22.7 Å². The number of piperidine rings is 1. The number of likely N-dealkylation sites (tertiary alicyclic amines) is 1. The second-order valence-corrected chi connectivity index (χ2v) is 6.82. The molecule has 1 aliphatic rings. The van der Waals surface area contributed by atoms with Crippen LogP contribution in [0, 0.1) is 5.82 Å². The molecule has 5 rings (SSSR count). The normalized spacial score (nSPS) is 17.7. The van der Waals surface area contributed by atoms with Crippen LogP contribution in [-0.2, 0) is 0 Å². The van der Waals surface area contributed by atoms with E-state index in [0.717, 1.165) is 24.8 Å². The molecule has 27 heavy (non-hydrogen) atoms. The first-order valence-electron chi connectivity index (χ1n) is 8.96. The first kappa shape index (κ1) is 15.9. The van der Waals surface area contributed by atoms with Crippen molar-refractivity contribution < 1.29 is 9.18 Å². The molecule has 136 valence electrons. The standard InChI is InChI=1S/C19H17FN6O/c20-12-5-7-13-15(10-12)22-18(21-13)17-3-1-2-8-26(17)19(27)11-4-6-14-16(9-11)24-25-23-14/h4-7,9-10,17H,1-3,8H2,(H,21,22)(H,23,24,25)/t17-/m0/s1. The number of rotatable bonds is 2. The van der Waals surface area contributed by atoms with E-state index in [1.54, 1.807) is 24.3 Å². The number of imidazole rings is 1. The molecule has 1 amide bonds. The summed E-state index contributed by atoms with van der Waals surface area (Å²) in [7, 11) is 0. The van der Waals surface area contributed by atoms with E-state index < -0.39 is 0 Å². The number of hydrogen-bond acceptors (Lipinski definition) is 4. The van der Waals surface area contributed by atoms with Gasteiger partial charge in [0.05, 0.1) is 17.1 Å². The summed E-state index contributed by atoms with van der Waals surface area (Å²) in [5.41, 5.74) is 3.31. The maximum Gasteiger partial charge on any atom is 0.254 e. The highest BCUT2D eigenvalue weighted by atomic mass is 19.1. The van der Waals surface area contributed by atoms with Crippen molar-refractivity contribution in [1.82, 2.24) is 30.3 Å². The maximum absolute atomic E-state index is 13.5. The average molecular weight is 364 g/mol. The fourth-order valence-corrected chi connectivity index (χ4v) is 3.76. The van der Waals surface area contributed by atoms with Crippen molar-refractivity contribution in [1.29, 1.82) is 0 Å². The number of carbonyl (C=O) groups is 1. The summed E-state index contributed by atoms with van der Waals surface area (Å²) >= 11 is 0. The van der Waals surface area contributed by atoms with Crippen molar-refractivity contribution in [3.63, 3.8) is 0 Å². The Labute approximate surface area is 153 Å². The van der Waals surface area contributed by atoms with Crippen LogP contribution in [0.5, 0.6) is 0 Å². The van der Waals surface area contributed by atoms with Gasteiger partial charge in [-0.1, -0.05) is 0 Å². The number of benzene rings is 2. The van der Waals surface area contributed by atoms with Gasteiger partial charge < -0.3 is 9.88 Å². The Balaban J connectivity index is 1.51. The molecule has 2 aromatic carbocycles. The van der Waals surface area contributed by atoms with Gasteiger partial charge in [0, 0.05) is 12.1 Å². The molecule has 7 nitrogen and oxygen atoms in total. The van der Waals surface area contributed by atoms with Gasteiger partial charge in [0.25, 0.3) is 5.91 Å². The number of H-pyrrole nitrogens is 2. The van der Waals surface area contributed by atoms with E-state index >= 15 is 0 Å². The minimum absolute atomic E-state index is 0.0590. The fraction of sp³-hybridized carbons (Fsp3) is 0.263. The number of aromatic nitrogens is 5. The van der Waals surface area contributed by atoms with Crippen LogP contribution in [0.3, 0.4) is 0 Å². The molecule has 0 radical (unpaired) electrons. The number of nitrogens with one attached hydrogen (secondary N) is 2. The summed E-state index contributed by atoms with van der Waals surface area (Å²) in [6.07, 6.45) is 2.78. The quantitative estimate of drug-likeness (QED) is 0.571. The second-order valence-electron chi connectivity index (χ2n) is 6.82. The van der Waals surface area contributed by atoms with Crippen LogP contribution in [-0.4, -0.2) is 42.7 Å². The summed E-state index contributed by atoms with van der Waals surface area (Å²) < 4.78 is 13.5. The zero-order valence-corrected chi connectivity index (χ0v) is 14.4. The van der Waals surface area contributed by atoms with Crippen LogP contribution >= 0.6 is 0 Å². The number of hydrogen-bond donors (Lipinski definition) is 2. The molecule has 1 fully saturated rings. The van der Waals surface area contributed by atoms with Crippen molar-refractivity contribution in [2.45, 2.75) is 25.3 Å². The molecule has 0 spiro atoms. The van der Waals surface area contributed by atoms with E-state index in [1.165, 1.54) is 12.1 Å². The Hall–Kier alpha value is -3.29. The van der Waals surface area contributed by atoms with Gasteiger partial charge in [-0.15, -0.1) is 0 Å². The zero-order valence-electron chi connectivity index (χ0n) is 14.4. The third kappa shape index (κ3) is 2.73. The lowest BCUT2D eigenvalue weighted by atomic mass is 10.00. The lowest BCUT2D eigenvalue weighted by Gasteiger charge is -2.34. The summed E-state index contributed by atoms with van der Waals surface area (Å²) in [4.78, 5) is 22.8. The van der Waals surface area contributed by atoms with Gasteiger partial charge in [-0.05, 0) is 55.7 Å². The number of nitrogens with zero attached hydrogens (tertiary/aromatic N) is 4. The Morgan fingerprint density at radius 2 is 1.93 bits per heavy atom. The maximum atomic E-state index is 13.5. The zero-order chi connectivity index (χ0) is 18.4. The van der Waals surface area contributed by atoms with Gasteiger partial charge in [-0.25, -0.2) is 9.37 Å². The van der Waals surface area contributed by atoms with Crippen LogP contribution in [0.1, 0.15) is 41.5 Å². The fourth-order valence-electron chi connectivity index (χ4n) is 3.76. The SMILES string of the molecule is O=C(c1ccc2n[nH]nc2c1)N1CCCC[C@H]1c1nc2ccc(F)cc2[nH]1. The molecule has 2 aromatic heterocycles. The number of amides is 1. The van der Waals surface area contributed by atoms with Crippen molar-refractivity contribution in [2.24, 2.45) is 0 Å². The minimum Gasteiger partial charge on any atom is -0.340 e. The van der Waals surface area contributed by atoms with E-state index in [0.29, 0.717) is 34.5 Å². The van der Waals surface area contributed by atoms with E-state index in [-0.39, 0.29) is 17.8 Å². The summed E-state index contributed by atoms with van der Waals surface area (Å²) in [6, 6.07) is 9.62. The Morgan fingerprint density at radius 3 is 2.85 bits per heavy atom. The molecule has 1 saturated heterocycles. The first-order valence-corrected chi connectivity index (χ1v) is 8.96. The highest BCUT2D eigenvalue weighted by Crippen LogP contribution is 2.32. The van der Waals surface area contributed by atoms with Crippen molar-refractivity contribution >= 4 is 28.0 Å². The lowest BCUT2D eigenvalue weighted by Crippen LogP contribution is -2.39. The Morgan fingerprint density at radius 1 is 1.07 bits per heavy atom. The van der Waals surface area contributed by atoms with Crippen molar-refractivity contribution in [3.8, 4) is 0 Å². The van der Waals surface area contributed by atoms with E-state index in [2.05, 4.69) is 25.4 Å². The number of aromatic amines is 2. The van der Waals surface area contributed by atoms with E-state index in [9.17, 15) is 9.18 Å². The molecule has 2 N–H and O–H groups in total. The van der Waals surface area contributed by atoms with Gasteiger partial charge in [0.2, 0.25) is 0 Å². The topological polar surface area (TPSA) is 90.6 Å². The van der Waals surface area contributed by atoms with Crippen LogP contribution in [0.4, 0.5) is 4.39 Å². The average Bonchev–Trinajstić information content (AvgIpc) is 3.33. The number of halogens is 1. The second kappa shape index (κ2) is 6.15. The predicted molar refractivity (Wildman–Crippen MR) is 97.6 cm³/mol. The molecule has 4 aromatic rings. The number of fused-ring (bicyclic) bond motifs is 2. The molecular formula is C19H17FN6O. The molecular weight excluding hydrogens is 347 g/mol. The molecule has 0 saturated carbocycles. The van der Waals surface area contributed by atoms with Crippen LogP contribution < -0.4 is 0 Å². The summed E-state index contributed by atoms with van der Waals surface area (Å²) in [5, 5.41) is 10.6. The van der Waals surface area contributed by atoms with Gasteiger partial charge >= 0.3 is 0 Å². The Kier molecular flexibility index (Phi) is 3.63. The molecule has 8 heteroatoms. The predicted octanol–water partition coefficient (Wildman–Crippen LogP) is 3.34. The van der Waals surface area contributed by atoms with Crippen molar-refractivity contribution in [3.05, 3.63) is 53.6 Å². The molecule has 0 aliphatic carbocycles. The summed E-state index contributed by atoms with van der Waals surface area (Å²) in [5.74, 6) is 0.331. The van der Waals surface area contributed by atoms with Crippen molar-refractivity contribution in [2.75, 3.05) is 6.54 Å². The Bertz CT molecular complexity index is 1150. The van der Waals surface area contributed by atoms with E-state index in [1.807, 2.05) is 4.90 Å². The molecule has 1 atom stereocenters. The van der Waals surface area contributed by atoms with Crippen LogP contribution in [0.2, 0.25) is 0 Å². The van der Waals surface area contributed by atoms with Gasteiger partial charge in [0.15, 0.2) is 0 Å². The van der Waals surface area contributed by atoms with Gasteiger partial charge in [-0.3, -0.25) is 4.79 Å². The minimum atomic E-state index is -0.310.